The van der Waals surface area contributed by atoms with E-state index < -0.39 is 0 Å². The summed E-state index contributed by atoms with van der Waals surface area (Å²) in [5, 5.41) is 6.07. The second-order valence-corrected chi connectivity index (χ2v) is 6.69. The Bertz CT molecular complexity index is 432. The maximum absolute atomic E-state index is 11.7. The van der Waals surface area contributed by atoms with E-state index in [1.807, 2.05) is 26.2 Å². The van der Waals surface area contributed by atoms with Crippen molar-refractivity contribution in [2.24, 2.45) is 0 Å². The van der Waals surface area contributed by atoms with E-state index in [0.717, 1.165) is 25.2 Å². The average molecular weight is 291 g/mol. The Morgan fingerprint density at radius 3 is 2.29 bits per heavy atom. The summed E-state index contributed by atoms with van der Waals surface area (Å²) in [6.07, 6.45) is 0.971. The lowest BCUT2D eigenvalue weighted by molar-refractivity contribution is -0.119. The zero-order valence-corrected chi connectivity index (χ0v) is 14.0. The summed E-state index contributed by atoms with van der Waals surface area (Å²) in [5.74, 6) is 0.0358. The Balaban J connectivity index is 2.30. The van der Waals surface area contributed by atoms with E-state index in [0.29, 0.717) is 6.54 Å². The van der Waals surface area contributed by atoms with Gasteiger partial charge in [0.15, 0.2) is 0 Å². The normalized spacial score (nSPS) is 11.5. The van der Waals surface area contributed by atoms with Gasteiger partial charge in [-0.25, -0.2) is 0 Å². The molecule has 0 atom stereocenters. The van der Waals surface area contributed by atoms with Crippen LogP contribution in [0, 0.1) is 0 Å². The minimum atomic E-state index is 0.0358. The molecule has 1 amide bonds. The van der Waals surface area contributed by atoms with E-state index in [1.165, 1.54) is 5.56 Å². The van der Waals surface area contributed by atoms with Crippen LogP contribution in [0.3, 0.4) is 0 Å². The summed E-state index contributed by atoms with van der Waals surface area (Å²) in [6.45, 7) is 8.60. The fraction of sp³-hybridized carbons (Fsp3) is 0.588. The first-order chi connectivity index (χ1) is 9.79. The van der Waals surface area contributed by atoms with Gasteiger partial charge in [0, 0.05) is 12.2 Å². The number of benzene rings is 1. The van der Waals surface area contributed by atoms with Gasteiger partial charge in [0.2, 0.25) is 5.91 Å². The van der Waals surface area contributed by atoms with Gasteiger partial charge in [-0.3, -0.25) is 4.79 Å². The summed E-state index contributed by atoms with van der Waals surface area (Å²) in [4.78, 5) is 13.8. The molecule has 0 saturated heterocycles. The maximum atomic E-state index is 11.7. The van der Waals surface area contributed by atoms with Crippen LogP contribution in [0.15, 0.2) is 24.3 Å². The van der Waals surface area contributed by atoms with Gasteiger partial charge >= 0.3 is 0 Å². The molecule has 21 heavy (non-hydrogen) atoms. The van der Waals surface area contributed by atoms with Crippen LogP contribution < -0.4 is 10.6 Å². The number of nitrogens with one attached hydrogen (secondary N) is 2. The fourth-order valence-corrected chi connectivity index (χ4v) is 1.96. The molecule has 0 spiro atoms. The van der Waals surface area contributed by atoms with Crippen molar-refractivity contribution in [2.75, 3.05) is 39.0 Å². The summed E-state index contributed by atoms with van der Waals surface area (Å²) in [6, 6.07) is 8.27. The Labute approximate surface area is 128 Å². The number of hydrogen-bond donors (Lipinski definition) is 2. The SMILES string of the molecule is CN(C)CCCNC(=O)CNc1ccc(C(C)(C)C)cc1. The van der Waals surface area contributed by atoms with E-state index in [9.17, 15) is 4.79 Å². The molecule has 0 bridgehead atoms. The molecule has 0 fully saturated rings. The highest BCUT2D eigenvalue weighted by atomic mass is 16.1. The maximum Gasteiger partial charge on any atom is 0.239 e. The third-order valence-electron chi connectivity index (χ3n) is 3.31. The second-order valence-electron chi connectivity index (χ2n) is 6.69. The lowest BCUT2D eigenvalue weighted by Crippen LogP contribution is -2.32. The van der Waals surface area contributed by atoms with Gasteiger partial charge in [-0.2, -0.15) is 0 Å². The number of amides is 1. The number of rotatable bonds is 7. The van der Waals surface area contributed by atoms with Crippen LogP contribution in [0.4, 0.5) is 5.69 Å². The molecule has 0 unspecified atom stereocenters. The molecule has 4 nitrogen and oxygen atoms in total. The molecule has 1 rings (SSSR count). The van der Waals surface area contributed by atoms with Gasteiger partial charge in [-0.15, -0.1) is 0 Å². The van der Waals surface area contributed by atoms with Crippen molar-refractivity contribution in [2.45, 2.75) is 32.6 Å². The van der Waals surface area contributed by atoms with Crippen LogP contribution in [0.25, 0.3) is 0 Å². The van der Waals surface area contributed by atoms with Crippen LogP contribution in [0.1, 0.15) is 32.8 Å². The minimum Gasteiger partial charge on any atom is -0.376 e. The molecule has 1 aromatic carbocycles. The molecule has 0 aliphatic carbocycles. The van der Waals surface area contributed by atoms with Crippen molar-refractivity contribution in [1.29, 1.82) is 0 Å². The number of nitrogens with zero attached hydrogens (tertiary/aromatic N) is 1. The van der Waals surface area contributed by atoms with Gasteiger partial charge in [0.1, 0.15) is 0 Å². The summed E-state index contributed by atoms with van der Waals surface area (Å²) >= 11 is 0. The molecular weight excluding hydrogens is 262 g/mol. The van der Waals surface area contributed by atoms with Gasteiger partial charge in [0.25, 0.3) is 0 Å². The van der Waals surface area contributed by atoms with Crippen molar-refractivity contribution < 1.29 is 4.79 Å². The van der Waals surface area contributed by atoms with Crippen molar-refractivity contribution >= 4 is 11.6 Å². The van der Waals surface area contributed by atoms with Crippen LogP contribution in [0.5, 0.6) is 0 Å². The zero-order valence-electron chi connectivity index (χ0n) is 14.0. The fourth-order valence-electron chi connectivity index (χ4n) is 1.96. The van der Waals surface area contributed by atoms with Crippen molar-refractivity contribution in [3.8, 4) is 0 Å². The first kappa shape index (κ1) is 17.5. The quantitative estimate of drug-likeness (QED) is 0.759. The third-order valence-corrected chi connectivity index (χ3v) is 3.31. The van der Waals surface area contributed by atoms with Crippen LogP contribution in [-0.4, -0.2) is 44.5 Å². The first-order valence-corrected chi connectivity index (χ1v) is 7.55. The molecule has 0 saturated carbocycles. The monoisotopic (exact) mass is 291 g/mol. The average Bonchev–Trinajstić information content (AvgIpc) is 2.40. The summed E-state index contributed by atoms with van der Waals surface area (Å²) in [5.41, 5.74) is 2.43. The lowest BCUT2D eigenvalue weighted by atomic mass is 9.87. The standard InChI is InChI=1S/C17H29N3O/c1-17(2,3)14-7-9-15(10-8-14)19-13-16(21)18-11-6-12-20(4)5/h7-10,19H,6,11-13H2,1-5H3,(H,18,21). The molecule has 4 heteroatoms. The van der Waals surface area contributed by atoms with Crippen LogP contribution in [-0.2, 0) is 10.2 Å². The lowest BCUT2D eigenvalue weighted by Gasteiger charge is -2.19. The highest BCUT2D eigenvalue weighted by Crippen LogP contribution is 2.23. The topological polar surface area (TPSA) is 44.4 Å². The largest absolute Gasteiger partial charge is 0.376 e. The predicted octanol–water partition coefficient (Wildman–Crippen LogP) is 2.46. The molecule has 0 heterocycles. The molecule has 0 aliphatic heterocycles. The minimum absolute atomic E-state index is 0.0358. The van der Waals surface area contributed by atoms with Crippen molar-refractivity contribution in [1.82, 2.24) is 10.2 Å². The highest BCUT2D eigenvalue weighted by Gasteiger charge is 2.12. The van der Waals surface area contributed by atoms with Gasteiger partial charge in [0.05, 0.1) is 6.54 Å². The zero-order chi connectivity index (χ0) is 15.9. The Hall–Kier alpha value is -1.55. The Morgan fingerprint density at radius 1 is 1.14 bits per heavy atom. The molecule has 118 valence electrons. The number of carbonyl (C=O) groups excluding carboxylic acids is 1. The predicted molar refractivity (Wildman–Crippen MR) is 89.8 cm³/mol. The van der Waals surface area contributed by atoms with Gasteiger partial charge in [-0.05, 0) is 50.2 Å². The molecular formula is C17H29N3O. The summed E-state index contributed by atoms with van der Waals surface area (Å²) < 4.78 is 0. The van der Waals surface area contributed by atoms with E-state index in [1.54, 1.807) is 0 Å². The number of hydrogen-bond acceptors (Lipinski definition) is 3. The first-order valence-electron chi connectivity index (χ1n) is 7.55. The van der Waals surface area contributed by atoms with Gasteiger partial charge < -0.3 is 15.5 Å². The summed E-state index contributed by atoms with van der Waals surface area (Å²) in [7, 11) is 4.06. The molecule has 0 radical (unpaired) electrons. The van der Waals surface area contributed by atoms with E-state index >= 15 is 0 Å². The van der Waals surface area contributed by atoms with E-state index in [4.69, 9.17) is 0 Å². The smallest absolute Gasteiger partial charge is 0.239 e. The number of anilines is 1. The van der Waals surface area contributed by atoms with Crippen molar-refractivity contribution in [3.63, 3.8) is 0 Å². The Kier molecular flexibility index (Phi) is 6.69. The highest BCUT2D eigenvalue weighted by molar-refractivity contribution is 5.80. The Morgan fingerprint density at radius 2 is 1.76 bits per heavy atom. The van der Waals surface area contributed by atoms with E-state index in [-0.39, 0.29) is 11.3 Å². The van der Waals surface area contributed by atoms with Gasteiger partial charge in [-0.1, -0.05) is 32.9 Å². The molecule has 1 aromatic rings. The second kappa shape index (κ2) is 8.03. The molecule has 2 N–H and O–H groups in total. The van der Waals surface area contributed by atoms with Crippen LogP contribution in [0.2, 0.25) is 0 Å². The third kappa shape index (κ3) is 7.14. The van der Waals surface area contributed by atoms with Crippen LogP contribution >= 0.6 is 0 Å². The van der Waals surface area contributed by atoms with Crippen molar-refractivity contribution in [3.05, 3.63) is 29.8 Å². The molecule has 0 aromatic heterocycles. The van der Waals surface area contributed by atoms with E-state index in [2.05, 4.69) is 48.4 Å². The molecule has 0 aliphatic rings. The number of carbonyl (C=O) groups is 1.